The molecule has 0 unspecified atom stereocenters. The monoisotopic (exact) mass is 438 g/mol. The van der Waals surface area contributed by atoms with Gasteiger partial charge in [-0.1, -0.05) is 0 Å². The number of benzene rings is 2. The molecule has 3 nitrogen and oxygen atoms in total. The van der Waals surface area contributed by atoms with Crippen molar-refractivity contribution in [1.82, 2.24) is 0 Å². The third kappa shape index (κ3) is 4.82. The van der Waals surface area contributed by atoms with Crippen molar-refractivity contribution in [2.75, 3.05) is 11.9 Å². The van der Waals surface area contributed by atoms with Crippen LogP contribution in [0.5, 0.6) is 11.5 Å². The van der Waals surface area contributed by atoms with E-state index in [1.165, 1.54) is 0 Å². The van der Waals surface area contributed by atoms with Crippen LogP contribution in [-0.2, 0) is 0 Å². The molecule has 0 heterocycles. The average Bonchev–Trinajstić information content (AvgIpc) is 2.48. The third-order valence-corrected chi connectivity index (χ3v) is 5.23. The zero-order chi connectivity index (χ0) is 17.0. The molecule has 0 atom stereocenters. The Bertz CT molecular complexity index is 742. The molecule has 0 saturated heterocycles. The highest BCUT2D eigenvalue weighted by atomic mass is 79.9. The van der Waals surface area contributed by atoms with Crippen LogP contribution in [0.25, 0.3) is 0 Å². The Labute approximate surface area is 154 Å². The largest absolute Gasteiger partial charge is 0.457 e. The maximum absolute atomic E-state index is 6.02. The standard InChI is InChI=1S/C18H20Br2N2O/c1-5-21-13(4)22-17-8-12(3)18(9-11(17)2)23-14-6-7-15(19)16(20)10-14/h6-10H,5H2,1-4H3,(H,21,22). The third-order valence-electron chi connectivity index (χ3n) is 3.35. The van der Waals surface area contributed by atoms with Crippen molar-refractivity contribution < 1.29 is 4.74 Å². The van der Waals surface area contributed by atoms with E-state index in [4.69, 9.17) is 4.74 Å². The molecule has 122 valence electrons. The lowest BCUT2D eigenvalue weighted by Crippen LogP contribution is -2.09. The lowest BCUT2D eigenvalue weighted by atomic mass is 10.1. The van der Waals surface area contributed by atoms with Gasteiger partial charge in [-0.15, -0.1) is 0 Å². The topological polar surface area (TPSA) is 33.6 Å². The van der Waals surface area contributed by atoms with Crippen LogP contribution < -0.4 is 10.1 Å². The summed E-state index contributed by atoms with van der Waals surface area (Å²) in [5.41, 5.74) is 3.25. The van der Waals surface area contributed by atoms with E-state index in [0.29, 0.717) is 0 Å². The first-order chi connectivity index (χ1) is 10.9. The lowest BCUT2D eigenvalue weighted by molar-refractivity contribution is 0.478. The fraction of sp³-hybridized carbons (Fsp3) is 0.278. The van der Waals surface area contributed by atoms with E-state index < -0.39 is 0 Å². The summed E-state index contributed by atoms with van der Waals surface area (Å²) in [6, 6.07) is 9.99. The van der Waals surface area contributed by atoms with Crippen molar-refractivity contribution >= 4 is 43.4 Å². The highest BCUT2D eigenvalue weighted by molar-refractivity contribution is 9.13. The number of hydrogen-bond donors (Lipinski definition) is 1. The second-order valence-electron chi connectivity index (χ2n) is 5.30. The summed E-state index contributed by atoms with van der Waals surface area (Å²) >= 11 is 6.96. The first-order valence-corrected chi connectivity index (χ1v) is 9.01. The summed E-state index contributed by atoms with van der Waals surface area (Å²) in [6.45, 7) is 8.88. The summed E-state index contributed by atoms with van der Waals surface area (Å²) in [6.07, 6.45) is 0. The first kappa shape index (κ1) is 18.0. The number of nitrogens with zero attached hydrogens (tertiary/aromatic N) is 1. The Hall–Kier alpha value is -1.33. The smallest absolute Gasteiger partial charge is 0.130 e. The van der Waals surface area contributed by atoms with Crippen molar-refractivity contribution in [3.8, 4) is 11.5 Å². The molecule has 0 amide bonds. The highest BCUT2D eigenvalue weighted by Crippen LogP contribution is 2.33. The maximum Gasteiger partial charge on any atom is 0.130 e. The van der Waals surface area contributed by atoms with Crippen molar-refractivity contribution in [3.05, 3.63) is 50.4 Å². The number of aryl methyl sites for hydroxylation is 2. The van der Waals surface area contributed by atoms with Gasteiger partial charge in [0.05, 0.1) is 5.84 Å². The minimum Gasteiger partial charge on any atom is -0.457 e. The minimum absolute atomic E-state index is 0.774. The van der Waals surface area contributed by atoms with Gasteiger partial charge < -0.3 is 10.1 Å². The van der Waals surface area contributed by atoms with E-state index in [-0.39, 0.29) is 0 Å². The van der Waals surface area contributed by atoms with Crippen LogP contribution in [-0.4, -0.2) is 12.4 Å². The van der Waals surface area contributed by atoms with Gasteiger partial charge in [0.25, 0.3) is 0 Å². The summed E-state index contributed by atoms with van der Waals surface area (Å²) in [5, 5.41) is 3.34. The molecule has 0 bridgehead atoms. The molecule has 2 aromatic carbocycles. The SMILES string of the molecule is CCN=C(C)Nc1cc(C)c(Oc2ccc(Br)c(Br)c2)cc1C. The van der Waals surface area contributed by atoms with E-state index >= 15 is 0 Å². The second kappa shape index (κ2) is 7.97. The fourth-order valence-corrected chi connectivity index (χ4v) is 2.78. The number of amidine groups is 1. The van der Waals surface area contributed by atoms with Crippen molar-refractivity contribution in [2.24, 2.45) is 4.99 Å². The van der Waals surface area contributed by atoms with E-state index in [2.05, 4.69) is 55.2 Å². The van der Waals surface area contributed by atoms with Gasteiger partial charge >= 0.3 is 0 Å². The van der Waals surface area contributed by atoms with E-state index in [1.807, 2.05) is 45.0 Å². The quantitative estimate of drug-likeness (QED) is 0.437. The van der Waals surface area contributed by atoms with Crippen LogP contribution in [0.1, 0.15) is 25.0 Å². The Kier molecular flexibility index (Phi) is 6.25. The molecular weight excluding hydrogens is 420 g/mol. The molecule has 0 saturated carbocycles. The number of rotatable bonds is 4. The van der Waals surface area contributed by atoms with Crippen LogP contribution >= 0.6 is 31.9 Å². The van der Waals surface area contributed by atoms with Crippen molar-refractivity contribution in [1.29, 1.82) is 0 Å². The molecule has 2 rings (SSSR count). The van der Waals surface area contributed by atoms with Crippen LogP contribution in [0.4, 0.5) is 5.69 Å². The van der Waals surface area contributed by atoms with Gasteiger partial charge in [0.2, 0.25) is 0 Å². The molecule has 23 heavy (non-hydrogen) atoms. The predicted molar refractivity (Wildman–Crippen MR) is 105 cm³/mol. The lowest BCUT2D eigenvalue weighted by Gasteiger charge is -2.15. The average molecular weight is 440 g/mol. The molecule has 0 fully saturated rings. The van der Waals surface area contributed by atoms with Crippen molar-refractivity contribution in [3.63, 3.8) is 0 Å². The van der Waals surface area contributed by atoms with Gasteiger partial charge in [-0.25, -0.2) is 0 Å². The van der Waals surface area contributed by atoms with E-state index in [9.17, 15) is 0 Å². The number of nitrogens with one attached hydrogen (secondary N) is 1. The Morgan fingerprint density at radius 3 is 2.48 bits per heavy atom. The number of ether oxygens (including phenoxy) is 1. The zero-order valence-electron chi connectivity index (χ0n) is 13.7. The van der Waals surface area contributed by atoms with E-state index in [0.717, 1.165) is 49.6 Å². The molecule has 0 spiro atoms. The van der Waals surface area contributed by atoms with E-state index in [1.54, 1.807) is 0 Å². The van der Waals surface area contributed by atoms with Gasteiger partial charge in [0.1, 0.15) is 11.5 Å². The van der Waals surface area contributed by atoms with Crippen LogP contribution in [0.2, 0.25) is 0 Å². The van der Waals surface area contributed by atoms with Gasteiger partial charge in [-0.3, -0.25) is 4.99 Å². The molecule has 0 aliphatic heterocycles. The molecule has 1 N–H and O–H groups in total. The molecule has 0 aromatic heterocycles. The van der Waals surface area contributed by atoms with Gasteiger partial charge in [0, 0.05) is 21.2 Å². The number of hydrogen-bond acceptors (Lipinski definition) is 2. The van der Waals surface area contributed by atoms with Crippen LogP contribution in [0.3, 0.4) is 0 Å². The minimum atomic E-state index is 0.774. The predicted octanol–water partition coefficient (Wildman–Crippen LogP) is 6.47. The first-order valence-electron chi connectivity index (χ1n) is 7.43. The maximum atomic E-state index is 6.02. The zero-order valence-corrected chi connectivity index (χ0v) is 16.9. The second-order valence-corrected chi connectivity index (χ2v) is 7.00. The summed E-state index contributed by atoms with van der Waals surface area (Å²) in [5.74, 6) is 2.57. The van der Waals surface area contributed by atoms with Crippen LogP contribution in [0, 0.1) is 13.8 Å². The van der Waals surface area contributed by atoms with Gasteiger partial charge in [-0.2, -0.15) is 0 Å². The molecule has 0 aliphatic carbocycles. The molecule has 5 heteroatoms. The molecule has 0 radical (unpaired) electrons. The van der Waals surface area contributed by atoms with Crippen molar-refractivity contribution in [2.45, 2.75) is 27.7 Å². The Morgan fingerprint density at radius 2 is 1.83 bits per heavy atom. The molecule has 2 aromatic rings. The number of aliphatic imine (C=N–C) groups is 1. The normalized spacial score (nSPS) is 11.5. The van der Waals surface area contributed by atoms with Crippen LogP contribution in [0.15, 0.2) is 44.3 Å². The summed E-state index contributed by atoms with van der Waals surface area (Å²) in [7, 11) is 0. The Morgan fingerprint density at radius 1 is 1.09 bits per heavy atom. The fourth-order valence-electron chi connectivity index (χ4n) is 2.17. The number of halogens is 2. The Balaban J connectivity index is 2.25. The van der Waals surface area contributed by atoms with Gasteiger partial charge in [0.15, 0.2) is 0 Å². The summed E-state index contributed by atoms with van der Waals surface area (Å²) in [4.78, 5) is 4.36. The molecular formula is C18H20Br2N2O. The molecule has 0 aliphatic rings. The highest BCUT2D eigenvalue weighted by Gasteiger charge is 2.08. The van der Waals surface area contributed by atoms with Gasteiger partial charge in [-0.05, 0) is 101 Å². The summed E-state index contributed by atoms with van der Waals surface area (Å²) < 4.78 is 7.99. The number of anilines is 1.